The standard InChI is InChI=1S/C102H147N11O23S/c1-70(2)93(96(122)108-71(3)94(120)109-77-33-29-73-31-35-85-99(4,79(73)66-77)41-18-43-101(85,6)97(123)112-98(124)102(7)44-19-42-100(5)80-67-78(114)34-30-74(80)32-36-86(100)102)111-95(121)82(110-89(117)40-50-129-54-58-133-62-64-135-60-56-131-52-47-106-87(115)37-38-91(119)113-68-76-22-14-13-20-72(76)27-28-75-21-15-16-25-83(75)113)24-11-9-17-45-105-90(118)69-136-84-26-12-8-10-23-81(92(84)103)104-46-51-130-55-59-134-63-61-132-57-53-128-49-39-88(116)107-48-65-137(125,126)127/h13-16,20-22,25,29-30,33-34,66-67,70-71,82,84-86,93,104,114H,8-12,17-19,23-24,26,31-32,35-65,68-69,103H2,1-7H3,(H,105,118)(H,106,115)(H,107,116)(H,108,122)(H,109,120)(H,110,117)(H,111,121)(H,112,123,124)(H,125,126,127)/b92-81-/t71-,82+,84?,85?,86+,93?,99+,100+,101-,102-/m0/s1. The number of nitrogens with two attached hydrogens (primary N) is 1. The number of anilines is 2. The summed E-state index contributed by atoms with van der Waals surface area (Å²) in [5.74, 6) is 1.57. The second-order valence-corrected chi connectivity index (χ2v) is 39.4. The SMILES string of the molecule is CC(C)C(NC(=O)[C@@H](CCCCCNC(=O)COC1CCCCC/C(NCCOCCOCCOCCOCCC(=O)NCCS(=O)(=O)O)=C\1N)NC(=O)CCOCCOCCOCCOCCNC(=O)CCC(=O)N1Cc2ccccc2C#Cc2ccccc21)C(=O)N[C@@H](C)C(=O)Nc1ccc2c(c1)[C@@]1(C)CCC[C@](C)(C(=O)NC(=O)[C@@]3(C)CCC[C@]4(C)c5cc(O)ccc5CC[C@@H]34)C1CC2. The molecule has 4 aromatic carbocycles. The van der Waals surface area contributed by atoms with E-state index < -0.39 is 91.8 Å². The number of aromatic hydroxyl groups is 1. The molecule has 1 aliphatic heterocycles. The monoisotopic (exact) mass is 1930 g/mol. The third kappa shape index (κ3) is 32.8. The van der Waals surface area contributed by atoms with Crippen LogP contribution < -0.4 is 58.5 Å². The molecule has 5 aliphatic carbocycles. The van der Waals surface area contributed by atoms with Crippen molar-refractivity contribution in [1.29, 1.82) is 0 Å². The predicted octanol–water partition coefficient (Wildman–Crippen LogP) is 8.37. The smallest absolute Gasteiger partial charge is 0.266 e. The number of hydrogen-bond donors (Lipinski definition) is 12. The number of phenols is 1. The largest absolute Gasteiger partial charge is 0.508 e. The third-order valence-corrected chi connectivity index (χ3v) is 28.4. The number of nitrogens with zero attached hydrogens (tertiary/aromatic N) is 1. The van der Waals surface area contributed by atoms with E-state index in [-0.39, 0.29) is 170 Å². The zero-order chi connectivity index (χ0) is 98.4. The summed E-state index contributed by atoms with van der Waals surface area (Å²) < 4.78 is 81.4. The Morgan fingerprint density at radius 3 is 1.66 bits per heavy atom. The molecule has 13 N–H and O–H groups in total. The maximum atomic E-state index is 15.0. The van der Waals surface area contributed by atoms with Crippen LogP contribution in [0.1, 0.15) is 222 Å². The average Bonchev–Trinajstić information content (AvgIpc) is 0.711. The Morgan fingerprint density at radius 1 is 0.504 bits per heavy atom. The molecule has 3 unspecified atom stereocenters. The number of amides is 10. The van der Waals surface area contributed by atoms with Gasteiger partial charge in [0.15, 0.2) is 0 Å². The van der Waals surface area contributed by atoms with Gasteiger partial charge in [0, 0.05) is 74.4 Å². The van der Waals surface area contributed by atoms with Crippen molar-refractivity contribution < 1.29 is 109 Å². The number of fused-ring (bicyclic) bond motifs is 8. The molecule has 0 saturated heterocycles. The van der Waals surface area contributed by atoms with Gasteiger partial charge < -0.3 is 101 Å². The van der Waals surface area contributed by atoms with Crippen molar-refractivity contribution in [2.45, 2.75) is 238 Å². The van der Waals surface area contributed by atoms with Crippen LogP contribution in [-0.4, -0.2) is 246 Å². The van der Waals surface area contributed by atoms with Crippen LogP contribution in [0.5, 0.6) is 5.75 Å². The lowest BCUT2D eigenvalue weighted by Crippen LogP contribution is -2.60. The molecule has 2 fully saturated rings. The number of hydrogen-bond acceptors (Lipinski definition) is 24. The van der Waals surface area contributed by atoms with Gasteiger partial charge in [-0.3, -0.25) is 57.8 Å². The average molecular weight is 1930 g/mol. The molecular weight excluding hydrogens is 1780 g/mol. The summed E-state index contributed by atoms with van der Waals surface area (Å²) in [4.78, 5) is 140. The van der Waals surface area contributed by atoms with E-state index in [0.29, 0.717) is 128 Å². The molecule has 4 aromatic rings. The van der Waals surface area contributed by atoms with Crippen molar-refractivity contribution in [2.75, 3.05) is 154 Å². The molecule has 137 heavy (non-hydrogen) atoms. The van der Waals surface area contributed by atoms with Crippen LogP contribution in [0, 0.1) is 40.4 Å². The Balaban J connectivity index is 0.644. The molecule has 0 spiro atoms. The molecule has 0 aromatic heterocycles. The molecule has 35 heteroatoms. The molecule has 10 rings (SSSR count). The Labute approximate surface area is 806 Å². The second-order valence-electron chi connectivity index (χ2n) is 37.9. The van der Waals surface area contributed by atoms with Crippen molar-refractivity contribution in [1.82, 2.24) is 42.5 Å². The first-order valence-corrected chi connectivity index (χ1v) is 50.6. The number of para-hydroxylation sites is 1. The first kappa shape index (κ1) is 109. The summed E-state index contributed by atoms with van der Waals surface area (Å²) in [7, 11) is -4.15. The zero-order valence-corrected chi connectivity index (χ0v) is 81.9. The predicted molar refractivity (Wildman–Crippen MR) is 516 cm³/mol. The summed E-state index contributed by atoms with van der Waals surface area (Å²) in [6.07, 6.45) is 12.8. The van der Waals surface area contributed by atoms with Gasteiger partial charge in [-0.25, -0.2) is 0 Å². The molecule has 10 amide bonds. The lowest BCUT2D eigenvalue weighted by atomic mass is 9.49. The fraction of sp³-hybridized carbons (Fsp3) is 0.627. The number of unbranched alkanes of at least 4 members (excludes halogenated alkanes) is 2. The molecule has 0 radical (unpaired) electrons. The minimum Gasteiger partial charge on any atom is -0.508 e. The van der Waals surface area contributed by atoms with Crippen LogP contribution in [0.15, 0.2) is 96.3 Å². The topological polar surface area (TPSA) is 466 Å². The minimum atomic E-state index is -4.15. The number of phenolic OH excluding ortho intramolecular Hbond substituents is 1. The van der Waals surface area contributed by atoms with E-state index in [0.717, 1.165) is 103 Å². The molecule has 0 bridgehead atoms. The first-order valence-electron chi connectivity index (χ1n) is 49.0. The molecule has 6 aliphatic rings. The van der Waals surface area contributed by atoms with Crippen molar-refractivity contribution >= 4 is 80.6 Å². The van der Waals surface area contributed by atoms with Crippen molar-refractivity contribution in [3.05, 3.63) is 135 Å². The van der Waals surface area contributed by atoms with E-state index in [4.69, 9.17) is 52.9 Å². The van der Waals surface area contributed by atoms with E-state index in [1.807, 2.05) is 92.7 Å². The van der Waals surface area contributed by atoms with Gasteiger partial charge in [-0.05, 0) is 189 Å². The summed E-state index contributed by atoms with van der Waals surface area (Å²) >= 11 is 0. The molecule has 1 heterocycles. The highest BCUT2D eigenvalue weighted by Crippen LogP contribution is 2.60. The highest BCUT2D eigenvalue weighted by atomic mass is 32.2. The number of carbonyl (C=O) groups is 10. The Hall–Kier alpha value is -9.97. The molecule has 2 saturated carbocycles. The highest BCUT2D eigenvalue weighted by Gasteiger charge is 2.59. The number of aryl methyl sites for hydroxylation is 2. The van der Waals surface area contributed by atoms with E-state index in [1.165, 1.54) is 5.56 Å². The normalized spacial score (nSPS) is 21.7. The van der Waals surface area contributed by atoms with Crippen LogP contribution in [0.2, 0.25) is 0 Å². The third-order valence-electron chi connectivity index (χ3n) is 27.6. The number of rotatable bonds is 56. The van der Waals surface area contributed by atoms with Gasteiger partial charge in [-0.1, -0.05) is 134 Å². The summed E-state index contributed by atoms with van der Waals surface area (Å²) in [5, 5.41) is 36.8. The lowest BCUT2D eigenvalue weighted by Gasteiger charge is -2.56. The fourth-order valence-electron chi connectivity index (χ4n) is 20.1. The molecular formula is C102H147N11O23S. The van der Waals surface area contributed by atoms with E-state index in [9.17, 15) is 61.5 Å². The van der Waals surface area contributed by atoms with Crippen molar-refractivity contribution in [3.63, 3.8) is 0 Å². The van der Waals surface area contributed by atoms with E-state index in [1.54, 1.807) is 31.7 Å². The van der Waals surface area contributed by atoms with Crippen LogP contribution in [0.25, 0.3) is 0 Å². The first-order chi connectivity index (χ1) is 65.8. The number of carbonyl (C=O) groups excluding carboxylic acids is 10. The number of allylic oxidation sites excluding steroid dienone is 1. The molecule has 34 nitrogen and oxygen atoms in total. The van der Waals surface area contributed by atoms with Gasteiger partial charge in [0.05, 0.1) is 146 Å². The molecule has 754 valence electrons. The number of imide groups is 1. The van der Waals surface area contributed by atoms with Crippen molar-refractivity contribution in [2.24, 2.45) is 34.3 Å². The lowest BCUT2D eigenvalue weighted by molar-refractivity contribution is -0.150. The maximum absolute atomic E-state index is 15.0. The van der Waals surface area contributed by atoms with Gasteiger partial charge in [0.1, 0.15) is 30.5 Å². The zero-order valence-electron chi connectivity index (χ0n) is 81.1. The van der Waals surface area contributed by atoms with Crippen LogP contribution in [-0.2, 0) is 131 Å². The van der Waals surface area contributed by atoms with E-state index in [2.05, 4.69) is 73.5 Å². The Bertz CT molecular complexity index is 4930. The van der Waals surface area contributed by atoms with Crippen molar-refractivity contribution in [3.8, 4) is 17.6 Å². The number of ether oxygens (including phenoxy) is 9. The summed E-state index contributed by atoms with van der Waals surface area (Å²) in [6.45, 7) is 18.7. The van der Waals surface area contributed by atoms with Gasteiger partial charge in [-0.15, -0.1) is 0 Å². The summed E-state index contributed by atoms with van der Waals surface area (Å²) in [5.41, 5.74) is 13.8. The van der Waals surface area contributed by atoms with Crippen LogP contribution in [0.3, 0.4) is 0 Å². The van der Waals surface area contributed by atoms with E-state index >= 15 is 0 Å². The van der Waals surface area contributed by atoms with Gasteiger partial charge in [0.25, 0.3) is 10.1 Å². The second kappa shape index (κ2) is 54.6. The number of nitrogens with one attached hydrogen (secondary N) is 9. The molecule has 10 atom stereocenters. The van der Waals surface area contributed by atoms with Crippen LogP contribution in [0.4, 0.5) is 11.4 Å². The Kier molecular flexibility index (Phi) is 43.4. The number of benzene rings is 4. The van der Waals surface area contributed by atoms with Gasteiger partial charge in [-0.2, -0.15) is 8.42 Å². The minimum absolute atomic E-state index is 0.00791. The Morgan fingerprint density at radius 2 is 1.04 bits per heavy atom. The van der Waals surface area contributed by atoms with Crippen LogP contribution >= 0.6 is 0 Å². The maximum Gasteiger partial charge on any atom is 0.266 e. The van der Waals surface area contributed by atoms with Gasteiger partial charge in [0.2, 0.25) is 59.1 Å². The fourth-order valence-corrected chi connectivity index (χ4v) is 20.4. The quantitative estimate of drug-likeness (QED) is 0.00854. The van der Waals surface area contributed by atoms with Gasteiger partial charge >= 0.3 is 0 Å². The highest BCUT2D eigenvalue weighted by molar-refractivity contribution is 7.85. The summed E-state index contributed by atoms with van der Waals surface area (Å²) in [6, 6.07) is 23.3.